The number of likely N-dealkylation sites (tertiary alicyclic amines) is 1. The highest BCUT2D eigenvalue weighted by Gasteiger charge is 2.56. The Kier molecular flexibility index (Phi) is 5.03. The molecule has 0 aromatic heterocycles. The van der Waals surface area contributed by atoms with Crippen molar-refractivity contribution in [3.63, 3.8) is 0 Å². The molecule has 0 unspecified atom stereocenters. The number of carbonyl (C=O) groups excluding carboxylic acids is 2. The van der Waals surface area contributed by atoms with Crippen molar-refractivity contribution in [3.8, 4) is 0 Å². The van der Waals surface area contributed by atoms with Crippen LogP contribution in [0.25, 0.3) is 0 Å². The average molecular weight is 351 g/mol. The Balaban J connectivity index is 1.48. The van der Waals surface area contributed by atoms with Gasteiger partial charge in [0.15, 0.2) is 11.6 Å². The summed E-state index contributed by atoms with van der Waals surface area (Å²) in [5.74, 6) is -2.05. The molecule has 0 bridgehead atoms. The van der Waals surface area contributed by atoms with Gasteiger partial charge in [0.05, 0.1) is 0 Å². The maximum atomic E-state index is 13.3. The van der Waals surface area contributed by atoms with Gasteiger partial charge in [-0.2, -0.15) is 0 Å². The van der Waals surface area contributed by atoms with E-state index >= 15 is 0 Å². The Morgan fingerprint density at radius 3 is 2.40 bits per heavy atom. The van der Waals surface area contributed by atoms with Crippen LogP contribution in [0.1, 0.15) is 31.2 Å². The molecule has 1 aliphatic heterocycles. The summed E-state index contributed by atoms with van der Waals surface area (Å²) in [6.07, 6.45) is 2.76. The summed E-state index contributed by atoms with van der Waals surface area (Å²) in [5, 5.41) is 5.57. The summed E-state index contributed by atoms with van der Waals surface area (Å²) >= 11 is 0. The smallest absolute Gasteiger partial charge is 0.235 e. The predicted octanol–water partition coefficient (Wildman–Crippen LogP) is 1.57. The Morgan fingerprint density at radius 1 is 1.16 bits per heavy atom. The monoisotopic (exact) mass is 351 g/mol. The molecule has 1 aromatic carbocycles. The molecule has 136 valence electrons. The third kappa shape index (κ3) is 3.81. The van der Waals surface area contributed by atoms with Crippen molar-refractivity contribution in [2.45, 2.75) is 38.3 Å². The van der Waals surface area contributed by atoms with Crippen LogP contribution in [0.4, 0.5) is 8.78 Å². The van der Waals surface area contributed by atoms with Gasteiger partial charge in [0.2, 0.25) is 11.8 Å². The van der Waals surface area contributed by atoms with E-state index in [1.165, 1.54) is 6.07 Å². The summed E-state index contributed by atoms with van der Waals surface area (Å²) in [5.41, 5.74) is -0.129. The Hall–Kier alpha value is -2.02. The minimum atomic E-state index is -0.864. The van der Waals surface area contributed by atoms with Crippen molar-refractivity contribution < 1.29 is 18.4 Å². The van der Waals surface area contributed by atoms with Crippen molar-refractivity contribution in [1.29, 1.82) is 0 Å². The van der Waals surface area contributed by atoms with Crippen molar-refractivity contribution in [3.05, 3.63) is 35.4 Å². The number of amides is 2. The molecule has 7 heteroatoms. The first kappa shape index (κ1) is 17.8. The fourth-order valence-corrected chi connectivity index (χ4v) is 3.38. The van der Waals surface area contributed by atoms with Crippen molar-refractivity contribution >= 4 is 11.8 Å². The van der Waals surface area contributed by atoms with Gasteiger partial charge in [-0.15, -0.1) is 0 Å². The van der Waals surface area contributed by atoms with Gasteiger partial charge in [0.25, 0.3) is 0 Å². The zero-order valence-electron chi connectivity index (χ0n) is 14.3. The van der Waals surface area contributed by atoms with Crippen LogP contribution in [-0.4, -0.2) is 42.9 Å². The second kappa shape index (κ2) is 7.07. The molecular weight excluding hydrogens is 328 g/mol. The highest BCUT2D eigenvalue weighted by molar-refractivity contribution is 6.07. The van der Waals surface area contributed by atoms with E-state index in [9.17, 15) is 18.4 Å². The molecule has 5 nitrogen and oxygen atoms in total. The summed E-state index contributed by atoms with van der Waals surface area (Å²) < 4.78 is 26.3. The number of halogens is 2. The molecule has 2 fully saturated rings. The number of hydrogen-bond donors (Lipinski definition) is 2. The largest absolute Gasteiger partial charge is 0.358 e. The van der Waals surface area contributed by atoms with E-state index in [-0.39, 0.29) is 17.9 Å². The van der Waals surface area contributed by atoms with Gasteiger partial charge in [0, 0.05) is 32.7 Å². The van der Waals surface area contributed by atoms with E-state index in [0.717, 1.165) is 37.6 Å². The fraction of sp³-hybridized carbons (Fsp3) is 0.556. The first-order valence-electron chi connectivity index (χ1n) is 8.64. The lowest BCUT2D eigenvalue weighted by Gasteiger charge is -2.33. The Bertz CT molecular complexity index is 668. The molecule has 0 atom stereocenters. The lowest BCUT2D eigenvalue weighted by molar-refractivity contribution is -0.137. The molecule has 1 saturated carbocycles. The van der Waals surface area contributed by atoms with Crippen molar-refractivity contribution in [1.82, 2.24) is 15.5 Å². The lowest BCUT2D eigenvalue weighted by Crippen LogP contribution is -2.49. The second-order valence-corrected chi connectivity index (χ2v) is 6.93. The highest BCUT2D eigenvalue weighted by atomic mass is 19.2. The normalized spacial score (nSPS) is 20.1. The van der Waals surface area contributed by atoms with Crippen LogP contribution in [0, 0.1) is 17.0 Å². The molecule has 0 spiro atoms. The number of benzene rings is 1. The molecule has 3 rings (SSSR count). The predicted molar refractivity (Wildman–Crippen MR) is 88.5 cm³/mol. The van der Waals surface area contributed by atoms with E-state index in [0.29, 0.717) is 19.4 Å². The average Bonchev–Trinajstić information content (AvgIpc) is 3.41. The second-order valence-electron chi connectivity index (χ2n) is 6.93. The van der Waals surface area contributed by atoms with Crippen LogP contribution in [0.3, 0.4) is 0 Å². The molecule has 1 heterocycles. The maximum Gasteiger partial charge on any atom is 0.235 e. The molecular formula is C18H23F2N3O2. The third-order valence-corrected chi connectivity index (χ3v) is 5.16. The quantitative estimate of drug-likeness (QED) is 0.792. The molecule has 2 N–H and O–H groups in total. The lowest BCUT2D eigenvalue weighted by atomic mass is 10.0. The van der Waals surface area contributed by atoms with E-state index in [1.807, 2.05) is 0 Å². The number of nitrogens with zero attached hydrogens (tertiary/aromatic N) is 1. The standard InChI is InChI=1S/C18H23F2N3O2/c1-21-16(24)18(6-7-18)17(25)22-13-4-8-23(9-5-13)11-12-2-3-14(19)15(20)10-12/h2-3,10,13H,4-9,11H2,1H3,(H,21,24)(H,22,25). The summed E-state index contributed by atoms with van der Waals surface area (Å²) in [6, 6.07) is 4.01. The molecule has 1 saturated heterocycles. The zero-order chi connectivity index (χ0) is 18.0. The SMILES string of the molecule is CNC(=O)C1(C(=O)NC2CCN(Cc3ccc(F)c(F)c3)CC2)CC1. The first-order valence-corrected chi connectivity index (χ1v) is 8.64. The van der Waals surface area contributed by atoms with Gasteiger partial charge < -0.3 is 10.6 Å². The zero-order valence-corrected chi connectivity index (χ0v) is 14.3. The van der Waals surface area contributed by atoms with Gasteiger partial charge in [-0.05, 0) is 43.4 Å². The number of piperidine rings is 1. The number of rotatable bonds is 5. The topological polar surface area (TPSA) is 61.4 Å². The molecule has 1 aliphatic carbocycles. The van der Waals surface area contributed by atoms with Gasteiger partial charge in [-0.1, -0.05) is 6.07 Å². The van der Waals surface area contributed by atoms with Gasteiger partial charge in [0.1, 0.15) is 5.41 Å². The third-order valence-electron chi connectivity index (χ3n) is 5.16. The van der Waals surface area contributed by atoms with E-state index in [4.69, 9.17) is 0 Å². The van der Waals surface area contributed by atoms with E-state index in [2.05, 4.69) is 15.5 Å². The van der Waals surface area contributed by atoms with Crippen molar-refractivity contribution in [2.75, 3.05) is 20.1 Å². The minimum absolute atomic E-state index is 0.0517. The summed E-state index contributed by atoms with van der Waals surface area (Å²) in [4.78, 5) is 26.4. The number of nitrogens with one attached hydrogen (secondary N) is 2. The van der Waals surface area contributed by atoms with Gasteiger partial charge in [-0.3, -0.25) is 14.5 Å². The molecule has 2 amide bonds. The van der Waals surface area contributed by atoms with Gasteiger partial charge in [-0.25, -0.2) is 8.78 Å². The molecule has 1 aromatic rings. The van der Waals surface area contributed by atoms with Crippen LogP contribution >= 0.6 is 0 Å². The molecule has 25 heavy (non-hydrogen) atoms. The van der Waals surface area contributed by atoms with E-state index < -0.39 is 17.0 Å². The first-order chi connectivity index (χ1) is 11.9. The van der Waals surface area contributed by atoms with Crippen LogP contribution in [0.5, 0.6) is 0 Å². The van der Waals surface area contributed by atoms with E-state index in [1.54, 1.807) is 13.1 Å². The number of hydrogen-bond acceptors (Lipinski definition) is 3. The van der Waals surface area contributed by atoms with Crippen LogP contribution < -0.4 is 10.6 Å². The van der Waals surface area contributed by atoms with Gasteiger partial charge >= 0.3 is 0 Å². The van der Waals surface area contributed by atoms with Crippen molar-refractivity contribution in [2.24, 2.45) is 5.41 Å². The number of carbonyl (C=O) groups is 2. The fourth-order valence-electron chi connectivity index (χ4n) is 3.38. The summed E-state index contributed by atoms with van der Waals surface area (Å²) in [7, 11) is 1.55. The Morgan fingerprint density at radius 2 is 1.84 bits per heavy atom. The molecule has 0 radical (unpaired) electrons. The molecule has 2 aliphatic rings. The van der Waals surface area contributed by atoms with Crippen LogP contribution in [0.2, 0.25) is 0 Å². The Labute approximate surface area is 145 Å². The van der Waals surface area contributed by atoms with Crippen LogP contribution in [0.15, 0.2) is 18.2 Å². The highest BCUT2D eigenvalue weighted by Crippen LogP contribution is 2.46. The summed E-state index contributed by atoms with van der Waals surface area (Å²) in [6.45, 7) is 2.08. The maximum absolute atomic E-state index is 13.3. The van der Waals surface area contributed by atoms with Crippen LogP contribution in [-0.2, 0) is 16.1 Å². The minimum Gasteiger partial charge on any atom is -0.358 e.